The standard InChI is InChI=1S/C23H44N4O3/c1-6-9-26-17-20(24-22(28)27(16-18(2)3)11-10-25(4)5)14-19-15-23(8-7-21(19)26)29-12-13-30-23/h18-21H,6-17H2,1-5H3,(H,24,28)/t19-,20+,21-/m1/s1. The number of amides is 2. The minimum Gasteiger partial charge on any atom is -0.348 e. The summed E-state index contributed by atoms with van der Waals surface area (Å²) in [6.07, 6.45) is 5.25. The van der Waals surface area contributed by atoms with Gasteiger partial charge in [-0.05, 0) is 51.7 Å². The summed E-state index contributed by atoms with van der Waals surface area (Å²) in [7, 11) is 4.11. The molecule has 2 heterocycles. The number of nitrogens with zero attached hydrogens (tertiary/aromatic N) is 3. The first-order chi connectivity index (χ1) is 14.3. The Morgan fingerprint density at radius 3 is 2.60 bits per heavy atom. The molecule has 0 bridgehead atoms. The van der Waals surface area contributed by atoms with Crippen molar-refractivity contribution in [2.45, 2.75) is 70.7 Å². The van der Waals surface area contributed by atoms with Gasteiger partial charge in [0.2, 0.25) is 0 Å². The predicted octanol–water partition coefficient (Wildman–Crippen LogP) is 2.61. The molecule has 0 radical (unpaired) electrons. The van der Waals surface area contributed by atoms with Crippen LogP contribution in [0.3, 0.4) is 0 Å². The zero-order chi connectivity index (χ0) is 21.7. The SMILES string of the molecule is CCCN1C[C@@H](NC(=O)N(CCN(C)C)CC(C)C)C[C@@H]2CC3(CC[C@H]21)OCCO3. The van der Waals surface area contributed by atoms with Gasteiger partial charge >= 0.3 is 6.03 Å². The third-order valence-corrected chi connectivity index (χ3v) is 6.79. The van der Waals surface area contributed by atoms with Crippen LogP contribution < -0.4 is 5.32 Å². The van der Waals surface area contributed by atoms with Crippen molar-refractivity contribution in [2.75, 3.05) is 60.0 Å². The summed E-state index contributed by atoms with van der Waals surface area (Å²) in [6, 6.07) is 0.872. The van der Waals surface area contributed by atoms with Crippen LogP contribution in [0, 0.1) is 11.8 Å². The molecule has 2 aliphatic heterocycles. The van der Waals surface area contributed by atoms with E-state index < -0.39 is 0 Å². The lowest BCUT2D eigenvalue weighted by Crippen LogP contribution is -2.60. The summed E-state index contributed by atoms with van der Waals surface area (Å²) in [5.41, 5.74) is 0. The quantitative estimate of drug-likeness (QED) is 0.649. The van der Waals surface area contributed by atoms with E-state index in [1.165, 1.54) is 0 Å². The fourth-order valence-electron chi connectivity index (χ4n) is 5.53. The molecule has 174 valence electrons. The number of nitrogens with one attached hydrogen (secondary N) is 1. The van der Waals surface area contributed by atoms with Crippen LogP contribution >= 0.6 is 0 Å². The van der Waals surface area contributed by atoms with Crippen LogP contribution in [0.1, 0.15) is 52.9 Å². The Labute approximate surface area is 183 Å². The van der Waals surface area contributed by atoms with Gasteiger partial charge < -0.3 is 24.6 Å². The van der Waals surface area contributed by atoms with Crippen LogP contribution in [0.25, 0.3) is 0 Å². The Bertz CT molecular complexity index is 551. The molecular formula is C23H44N4O3. The number of hydrogen-bond donors (Lipinski definition) is 1. The number of carbonyl (C=O) groups excluding carboxylic acids is 1. The minimum absolute atomic E-state index is 0.0873. The zero-order valence-electron chi connectivity index (χ0n) is 19.9. The van der Waals surface area contributed by atoms with E-state index in [1.54, 1.807) is 0 Å². The fraction of sp³-hybridized carbons (Fsp3) is 0.957. The van der Waals surface area contributed by atoms with E-state index in [0.717, 1.165) is 64.8 Å². The van der Waals surface area contributed by atoms with Gasteiger partial charge in [0, 0.05) is 51.1 Å². The van der Waals surface area contributed by atoms with Crippen molar-refractivity contribution in [3.63, 3.8) is 0 Å². The van der Waals surface area contributed by atoms with E-state index in [-0.39, 0.29) is 17.9 Å². The molecule has 0 aromatic rings. The minimum atomic E-state index is -0.361. The smallest absolute Gasteiger partial charge is 0.317 e. The van der Waals surface area contributed by atoms with Gasteiger partial charge in [0.25, 0.3) is 0 Å². The summed E-state index contributed by atoms with van der Waals surface area (Å²) in [5, 5.41) is 3.39. The molecular weight excluding hydrogens is 380 g/mol. The largest absolute Gasteiger partial charge is 0.348 e. The van der Waals surface area contributed by atoms with Gasteiger partial charge in [-0.2, -0.15) is 0 Å². The van der Waals surface area contributed by atoms with E-state index in [1.807, 2.05) is 4.90 Å². The van der Waals surface area contributed by atoms with Crippen molar-refractivity contribution >= 4 is 6.03 Å². The lowest BCUT2D eigenvalue weighted by molar-refractivity contribution is -0.201. The maximum absolute atomic E-state index is 13.2. The van der Waals surface area contributed by atoms with Gasteiger partial charge in [-0.1, -0.05) is 20.8 Å². The maximum Gasteiger partial charge on any atom is 0.317 e. The topological polar surface area (TPSA) is 57.3 Å². The molecule has 1 spiro atoms. The van der Waals surface area contributed by atoms with Gasteiger partial charge in [-0.3, -0.25) is 4.90 Å². The van der Waals surface area contributed by atoms with Crippen molar-refractivity contribution < 1.29 is 14.3 Å². The van der Waals surface area contributed by atoms with Crippen molar-refractivity contribution in [2.24, 2.45) is 11.8 Å². The van der Waals surface area contributed by atoms with Gasteiger partial charge in [-0.15, -0.1) is 0 Å². The second kappa shape index (κ2) is 10.6. The molecule has 1 N–H and O–H groups in total. The molecule has 1 saturated carbocycles. The van der Waals surface area contributed by atoms with E-state index >= 15 is 0 Å². The van der Waals surface area contributed by atoms with Crippen molar-refractivity contribution in [1.29, 1.82) is 0 Å². The summed E-state index contributed by atoms with van der Waals surface area (Å²) >= 11 is 0. The molecule has 0 aromatic carbocycles. The highest BCUT2D eigenvalue weighted by Crippen LogP contribution is 2.44. The molecule has 2 amide bonds. The highest BCUT2D eigenvalue weighted by molar-refractivity contribution is 5.74. The number of rotatable bonds is 8. The van der Waals surface area contributed by atoms with Gasteiger partial charge in [0.15, 0.2) is 5.79 Å². The van der Waals surface area contributed by atoms with E-state index in [4.69, 9.17) is 9.47 Å². The normalized spacial score (nSPS) is 28.8. The highest BCUT2D eigenvalue weighted by atomic mass is 16.7. The first-order valence-electron chi connectivity index (χ1n) is 12.0. The molecule has 1 aliphatic carbocycles. The molecule has 3 atom stereocenters. The monoisotopic (exact) mass is 424 g/mol. The number of fused-ring (bicyclic) bond motifs is 1. The number of urea groups is 1. The first kappa shape index (κ1) is 23.8. The number of likely N-dealkylation sites (N-methyl/N-ethyl adjacent to an activating group) is 1. The highest BCUT2D eigenvalue weighted by Gasteiger charge is 2.49. The molecule has 7 nitrogen and oxygen atoms in total. The van der Waals surface area contributed by atoms with Gasteiger partial charge in [-0.25, -0.2) is 4.79 Å². The molecule has 0 aromatic heterocycles. The van der Waals surface area contributed by atoms with Crippen LogP contribution in [0.5, 0.6) is 0 Å². The molecule has 0 unspecified atom stereocenters. The Morgan fingerprint density at radius 1 is 1.23 bits per heavy atom. The number of likely N-dealkylation sites (tertiary alicyclic amines) is 1. The van der Waals surface area contributed by atoms with Crippen LogP contribution in [0.15, 0.2) is 0 Å². The average Bonchev–Trinajstić information content (AvgIpc) is 3.12. The molecule has 30 heavy (non-hydrogen) atoms. The van der Waals surface area contributed by atoms with E-state index in [2.05, 4.69) is 50.0 Å². The van der Waals surface area contributed by atoms with Crippen LogP contribution in [-0.4, -0.2) is 98.6 Å². The average molecular weight is 425 g/mol. The summed E-state index contributed by atoms with van der Waals surface area (Å²) < 4.78 is 12.1. The number of piperidine rings is 1. The Kier molecular flexibility index (Phi) is 8.41. The molecule has 3 rings (SSSR count). The lowest BCUT2D eigenvalue weighted by Gasteiger charge is -2.51. The second-order valence-corrected chi connectivity index (χ2v) is 10.2. The molecule has 7 heteroatoms. The third kappa shape index (κ3) is 6.09. The summed E-state index contributed by atoms with van der Waals surface area (Å²) in [5.74, 6) is 0.614. The third-order valence-electron chi connectivity index (χ3n) is 6.79. The van der Waals surface area contributed by atoms with Crippen molar-refractivity contribution in [1.82, 2.24) is 20.0 Å². The van der Waals surface area contributed by atoms with Gasteiger partial charge in [0.05, 0.1) is 13.2 Å². The number of carbonyl (C=O) groups is 1. The zero-order valence-corrected chi connectivity index (χ0v) is 19.9. The van der Waals surface area contributed by atoms with E-state index in [0.29, 0.717) is 31.1 Å². The van der Waals surface area contributed by atoms with Crippen molar-refractivity contribution in [3.8, 4) is 0 Å². The number of hydrogen-bond acceptors (Lipinski definition) is 5. The Hall–Kier alpha value is -0.890. The Balaban J connectivity index is 1.64. The lowest BCUT2D eigenvalue weighted by atomic mass is 9.74. The Morgan fingerprint density at radius 2 is 1.97 bits per heavy atom. The number of ether oxygens (including phenoxy) is 2. The molecule has 2 saturated heterocycles. The molecule has 3 aliphatic rings. The van der Waals surface area contributed by atoms with E-state index in [9.17, 15) is 4.79 Å². The van der Waals surface area contributed by atoms with Gasteiger partial charge in [0.1, 0.15) is 0 Å². The first-order valence-corrected chi connectivity index (χ1v) is 12.0. The summed E-state index contributed by atoms with van der Waals surface area (Å²) in [6.45, 7) is 12.5. The van der Waals surface area contributed by atoms with Crippen LogP contribution in [0.2, 0.25) is 0 Å². The predicted molar refractivity (Wildman–Crippen MR) is 120 cm³/mol. The van der Waals surface area contributed by atoms with Crippen LogP contribution in [-0.2, 0) is 9.47 Å². The molecule has 3 fully saturated rings. The summed E-state index contributed by atoms with van der Waals surface area (Å²) in [4.78, 5) is 19.9. The second-order valence-electron chi connectivity index (χ2n) is 10.2. The maximum atomic E-state index is 13.2. The van der Waals surface area contributed by atoms with Crippen molar-refractivity contribution in [3.05, 3.63) is 0 Å². The fourth-order valence-corrected chi connectivity index (χ4v) is 5.53. The van der Waals surface area contributed by atoms with Crippen LogP contribution in [0.4, 0.5) is 4.79 Å².